The van der Waals surface area contributed by atoms with Gasteiger partial charge in [-0.15, -0.1) is 0 Å². The van der Waals surface area contributed by atoms with Gasteiger partial charge in [-0.05, 0) is 56.9 Å². The van der Waals surface area contributed by atoms with E-state index < -0.39 is 0 Å². The van der Waals surface area contributed by atoms with E-state index in [0.29, 0.717) is 12.7 Å². The van der Waals surface area contributed by atoms with Crippen molar-refractivity contribution in [3.63, 3.8) is 0 Å². The van der Waals surface area contributed by atoms with E-state index in [0.717, 1.165) is 51.4 Å². The first kappa shape index (κ1) is 18.4. The second kappa shape index (κ2) is 10.0. The molecule has 23 heavy (non-hydrogen) atoms. The van der Waals surface area contributed by atoms with Gasteiger partial charge in [0.1, 0.15) is 0 Å². The highest BCUT2D eigenvalue weighted by molar-refractivity contribution is 5.13. The molecule has 2 aliphatic rings. The summed E-state index contributed by atoms with van der Waals surface area (Å²) in [6.45, 7) is 0.696. The lowest BCUT2D eigenvalue weighted by molar-refractivity contribution is -0.0118. The first-order valence-corrected chi connectivity index (χ1v) is 8.83. The lowest BCUT2D eigenvalue weighted by Gasteiger charge is -2.25. The first-order chi connectivity index (χ1) is 11.1. The van der Waals surface area contributed by atoms with Crippen LogP contribution in [0.1, 0.15) is 56.9 Å². The third-order valence-electron chi connectivity index (χ3n) is 4.64. The van der Waals surface area contributed by atoms with Crippen molar-refractivity contribution < 1.29 is 20.1 Å². The van der Waals surface area contributed by atoms with Crippen LogP contribution in [0.15, 0.2) is 30.3 Å². The molecule has 2 fully saturated rings. The molecule has 3 rings (SSSR count). The predicted octanol–water partition coefficient (Wildman–Crippen LogP) is 2.79. The van der Waals surface area contributed by atoms with Crippen LogP contribution in [0.25, 0.3) is 0 Å². The van der Waals surface area contributed by atoms with Crippen molar-refractivity contribution in [3.8, 4) is 0 Å². The summed E-state index contributed by atoms with van der Waals surface area (Å²) in [6, 6.07) is 10.2. The highest BCUT2D eigenvalue weighted by Gasteiger charge is 2.19. The van der Waals surface area contributed by atoms with Crippen LogP contribution < -0.4 is 0 Å². The van der Waals surface area contributed by atoms with Crippen LogP contribution in [0.3, 0.4) is 0 Å². The van der Waals surface area contributed by atoms with Crippen LogP contribution >= 0.6 is 0 Å². The van der Waals surface area contributed by atoms with E-state index in [9.17, 15) is 5.11 Å². The molecule has 0 bridgehead atoms. The third-order valence-corrected chi connectivity index (χ3v) is 4.64. The van der Waals surface area contributed by atoms with Gasteiger partial charge in [-0.3, -0.25) is 0 Å². The summed E-state index contributed by atoms with van der Waals surface area (Å²) in [7, 11) is 0. The van der Waals surface area contributed by atoms with E-state index in [1.165, 1.54) is 5.56 Å². The zero-order chi connectivity index (χ0) is 16.5. The smallest absolute Gasteiger partial charge is 0.0720 e. The quantitative estimate of drug-likeness (QED) is 0.800. The molecule has 1 aromatic rings. The van der Waals surface area contributed by atoms with Crippen molar-refractivity contribution in [1.82, 2.24) is 0 Å². The molecule has 0 spiro atoms. The van der Waals surface area contributed by atoms with E-state index in [1.807, 2.05) is 18.2 Å². The van der Waals surface area contributed by atoms with E-state index >= 15 is 0 Å². The van der Waals surface area contributed by atoms with E-state index in [-0.39, 0.29) is 18.3 Å². The highest BCUT2D eigenvalue weighted by Crippen LogP contribution is 2.22. The Balaban J connectivity index is 0.000000203. The number of hydrogen-bond donors (Lipinski definition) is 3. The Morgan fingerprint density at radius 1 is 0.696 bits per heavy atom. The van der Waals surface area contributed by atoms with Crippen molar-refractivity contribution >= 4 is 0 Å². The summed E-state index contributed by atoms with van der Waals surface area (Å²) in [5, 5.41) is 27.2. The number of hydrogen-bond acceptors (Lipinski definition) is 4. The summed E-state index contributed by atoms with van der Waals surface area (Å²) >= 11 is 0. The van der Waals surface area contributed by atoms with Crippen LogP contribution in [0.4, 0.5) is 0 Å². The van der Waals surface area contributed by atoms with E-state index in [4.69, 9.17) is 14.9 Å². The molecule has 4 nitrogen and oxygen atoms in total. The van der Waals surface area contributed by atoms with Crippen LogP contribution in [0.2, 0.25) is 0 Å². The second-order valence-corrected chi connectivity index (χ2v) is 6.69. The molecule has 0 unspecified atom stereocenters. The predicted molar refractivity (Wildman–Crippen MR) is 90.0 cm³/mol. The van der Waals surface area contributed by atoms with Crippen molar-refractivity contribution in [2.24, 2.45) is 0 Å². The van der Waals surface area contributed by atoms with Crippen LogP contribution in [0, 0.1) is 0 Å². The normalized spacial score (nSPS) is 31.1. The third kappa shape index (κ3) is 7.44. The maximum Gasteiger partial charge on any atom is 0.0720 e. The molecular weight excluding hydrogens is 292 g/mol. The Morgan fingerprint density at radius 2 is 1.13 bits per heavy atom. The molecule has 1 aromatic carbocycles. The molecule has 3 N–H and O–H groups in total. The lowest BCUT2D eigenvalue weighted by Crippen LogP contribution is -2.24. The second-order valence-electron chi connectivity index (χ2n) is 6.69. The van der Waals surface area contributed by atoms with Crippen molar-refractivity contribution in [3.05, 3.63) is 35.9 Å². The standard InChI is InChI=1S/C13H18O2.C6H12O2/c14-12-6-8-13(9-7-12)15-10-11-4-2-1-3-5-11;7-5-1-2-6(8)4-3-5/h1-5,12-14H,6-10H2;5-8H,1-4H2. The highest BCUT2D eigenvalue weighted by atomic mass is 16.5. The molecule has 0 amide bonds. The molecule has 0 radical (unpaired) electrons. The monoisotopic (exact) mass is 322 g/mol. The molecule has 2 aliphatic carbocycles. The van der Waals surface area contributed by atoms with Crippen molar-refractivity contribution in [1.29, 1.82) is 0 Å². The molecule has 0 heterocycles. The van der Waals surface area contributed by atoms with Crippen LogP contribution in [-0.4, -0.2) is 39.7 Å². The number of benzene rings is 1. The lowest BCUT2D eigenvalue weighted by atomic mass is 9.95. The number of ether oxygens (including phenoxy) is 1. The average molecular weight is 322 g/mol. The Hall–Kier alpha value is -0.940. The zero-order valence-electron chi connectivity index (χ0n) is 13.8. The van der Waals surface area contributed by atoms with Gasteiger partial charge in [0.2, 0.25) is 0 Å². The summed E-state index contributed by atoms with van der Waals surface area (Å²) in [4.78, 5) is 0. The molecular formula is C19H30O4. The van der Waals surface area contributed by atoms with E-state index in [1.54, 1.807) is 0 Å². The minimum Gasteiger partial charge on any atom is -0.393 e. The molecule has 4 heteroatoms. The number of aliphatic hydroxyl groups is 3. The summed E-state index contributed by atoms with van der Waals surface area (Å²) in [6.07, 6.45) is 6.85. The van der Waals surface area contributed by atoms with Gasteiger partial charge in [0.25, 0.3) is 0 Å². The largest absolute Gasteiger partial charge is 0.393 e. The fourth-order valence-corrected chi connectivity index (χ4v) is 3.06. The molecule has 0 aliphatic heterocycles. The van der Waals surface area contributed by atoms with Gasteiger partial charge in [0.05, 0.1) is 31.0 Å². The molecule has 0 saturated heterocycles. The maximum absolute atomic E-state index is 9.36. The van der Waals surface area contributed by atoms with Crippen molar-refractivity contribution in [2.45, 2.75) is 82.4 Å². The molecule has 0 aromatic heterocycles. The van der Waals surface area contributed by atoms with Gasteiger partial charge in [-0.2, -0.15) is 0 Å². The average Bonchev–Trinajstić information content (AvgIpc) is 2.59. The Morgan fingerprint density at radius 3 is 1.61 bits per heavy atom. The SMILES string of the molecule is OC1CCC(O)CC1.OC1CCC(OCc2ccccc2)CC1. The number of rotatable bonds is 3. The fourth-order valence-electron chi connectivity index (χ4n) is 3.06. The molecule has 130 valence electrons. The maximum atomic E-state index is 9.36. The van der Waals surface area contributed by atoms with Crippen LogP contribution in [0.5, 0.6) is 0 Å². The van der Waals surface area contributed by atoms with E-state index in [2.05, 4.69) is 12.1 Å². The van der Waals surface area contributed by atoms with Gasteiger partial charge in [-0.1, -0.05) is 30.3 Å². The summed E-state index contributed by atoms with van der Waals surface area (Å²) in [5.74, 6) is 0. The topological polar surface area (TPSA) is 69.9 Å². The Bertz CT molecular complexity index is 397. The summed E-state index contributed by atoms with van der Waals surface area (Å²) in [5.41, 5.74) is 1.23. The van der Waals surface area contributed by atoms with Crippen LogP contribution in [-0.2, 0) is 11.3 Å². The molecule has 0 atom stereocenters. The summed E-state index contributed by atoms with van der Waals surface area (Å²) < 4.78 is 5.81. The van der Waals surface area contributed by atoms with Gasteiger partial charge in [-0.25, -0.2) is 0 Å². The molecule has 2 saturated carbocycles. The zero-order valence-corrected chi connectivity index (χ0v) is 13.8. The first-order valence-electron chi connectivity index (χ1n) is 8.83. The van der Waals surface area contributed by atoms with Gasteiger partial charge in [0, 0.05) is 0 Å². The number of aliphatic hydroxyl groups excluding tert-OH is 3. The van der Waals surface area contributed by atoms with Gasteiger partial charge >= 0.3 is 0 Å². The minimum absolute atomic E-state index is 0.0958. The fraction of sp³-hybridized carbons (Fsp3) is 0.684. The Kier molecular flexibility index (Phi) is 8.03. The minimum atomic E-state index is -0.140. The van der Waals surface area contributed by atoms with Gasteiger partial charge in [0.15, 0.2) is 0 Å². The Labute approximate surface area is 139 Å². The van der Waals surface area contributed by atoms with Crippen molar-refractivity contribution in [2.75, 3.05) is 0 Å². The van der Waals surface area contributed by atoms with Gasteiger partial charge < -0.3 is 20.1 Å².